The van der Waals surface area contributed by atoms with Crippen LogP contribution in [0.15, 0.2) is 35.1 Å². The molecule has 5 nitrogen and oxygen atoms in total. The van der Waals surface area contributed by atoms with Crippen LogP contribution in [0.2, 0.25) is 0 Å². The lowest BCUT2D eigenvalue weighted by atomic mass is 10.3. The van der Waals surface area contributed by atoms with Crippen LogP contribution in [-0.2, 0) is 0 Å². The van der Waals surface area contributed by atoms with E-state index >= 15 is 0 Å². The number of ether oxygens (including phenoxy) is 1. The number of rotatable bonds is 5. The van der Waals surface area contributed by atoms with E-state index in [1.54, 1.807) is 25.2 Å². The normalized spacial score (nSPS) is 10.4. The summed E-state index contributed by atoms with van der Waals surface area (Å²) >= 11 is 3.34. The van der Waals surface area contributed by atoms with Gasteiger partial charge in [-0.05, 0) is 28.1 Å². The molecule has 1 aromatic carbocycles. The van der Waals surface area contributed by atoms with Crippen LogP contribution in [0.4, 0.5) is 26.1 Å². The summed E-state index contributed by atoms with van der Waals surface area (Å²) in [6, 6.07) is 6.37. The summed E-state index contributed by atoms with van der Waals surface area (Å²) < 4.78 is 29.7. The molecule has 0 saturated carbocycles. The van der Waals surface area contributed by atoms with Gasteiger partial charge in [0.2, 0.25) is 0 Å². The number of hydrogen-bond acceptors (Lipinski definition) is 5. The smallest absolute Gasteiger partial charge is 0.387 e. The summed E-state index contributed by atoms with van der Waals surface area (Å²) in [7, 11) is 1.71. The second-order valence-corrected chi connectivity index (χ2v) is 4.43. The van der Waals surface area contributed by atoms with Crippen molar-refractivity contribution in [2.45, 2.75) is 6.61 Å². The molecule has 2 rings (SSSR count). The fourth-order valence-corrected chi connectivity index (χ4v) is 2.03. The van der Waals surface area contributed by atoms with Gasteiger partial charge in [-0.2, -0.15) is 8.78 Å². The van der Waals surface area contributed by atoms with Crippen LogP contribution in [0.25, 0.3) is 0 Å². The van der Waals surface area contributed by atoms with E-state index in [0.717, 1.165) is 0 Å². The third kappa shape index (κ3) is 3.32. The lowest BCUT2D eigenvalue weighted by Crippen LogP contribution is -2.05. The Hall–Kier alpha value is -1.96. The summed E-state index contributed by atoms with van der Waals surface area (Å²) in [5.74, 6) is 1.06. The summed E-state index contributed by atoms with van der Waals surface area (Å²) in [4.78, 5) is 8.06. The molecule has 0 amide bonds. The van der Waals surface area contributed by atoms with Gasteiger partial charge in [0.15, 0.2) is 0 Å². The molecule has 0 spiro atoms. The fourth-order valence-electron chi connectivity index (χ4n) is 1.53. The molecule has 0 aliphatic rings. The van der Waals surface area contributed by atoms with Crippen molar-refractivity contribution in [3.63, 3.8) is 0 Å². The van der Waals surface area contributed by atoms with Crippen LogP contribution in [0, 0.1) is 0 Å². The van der Waals surface area contributed by atoms with Crippen molar-refractivity contribution in [1.29, 1.82) is 0 Å². The lowest BCUT2D eigenvalue weighted by molar-refractivity contribution is -0.0493. The molecular formula is C12H11BrF2N4O. The minimum Gasteiger partial charge on any atom is -0.433 e. The van der Waals surface area contributed by atoms with Crippen molar-refractivity contribution in [1.82, 2.24) is 9.97 Å². The lowest BCUT2D eigenvalue weighted by Gasteiger charge is -2.13. The maximum absolute atomic E-state index is 12.3. The summed E-state index contributed by atoms with van der Waals surface area (Å²) in [6.45, 7) is -2.89. The summed E-state index contributed by atoms with van der Waals surface area (Å²) in [5.41, 5.74) is 0.384. The Morgan fingerprint density at radius 1 is 1.20 bits per heavy atom. The van der Waals surface area contributed by atoms with Crippen LogP contribution in [0.3, 0.4) is 0 Å². The molecule has 0 aliphatic heterocycles. The third-order valence-corrected chi connectivity index (χ3v) is 3.13. The van der Waals surface area contributed by atoms with Gasteiger partial charge in [0.25, 0.3) is 0 Å². The average molecular weight is 345 g/mol. The van der Waals surface area contributed by atoms with E-state index in [2.05, 4.69) is 41.3 Å². The number of anilines is 3. The van der Waals surface area contributed by atoms with E-state index in [1.807, 2.05) is 0 Å². The Bertz CT molecular complexity index is 597. The molecule has 0 bridgehead atoms. The first-order valence-electron chi connectivity index (χ1n) is 5.61. The SMILES string of the molecule is CNc1ncnc(Nc2ccccc2OC(F)F)c1Br. The van der Waals surface area contributed by atoms with Gasteiger partial charge >= 0.3 is 6.61 Å². The van der Waals surface area contributed by atoms with Crippen LogP contribution in [-0.4, -0.2) is 23.6 Å². The fraction of sp³-hybridized carbons (Fsp3) is 0.167. The first-order chi connectivity index (χ1) is 9.61. The zero-order chi connectivity index (χ0) is 14.5. The number of alkyl halides is 2. The Morgan fingerprint density at radius 2 is 1.90 bits per heavy atom. The van der Waals surface area contributed by atoms with E-state index in [-0.39, 0.29) is 5.75 Å². The van der Waals surface area contributed by atoms with Gasteiger partial charge in [-0.15, -0.1) is 0 Å². The van der Waals surface area contributed by atoms with Gasteiger partial charge in [0, 0.05) is 7.05 Å². The predicted molar refractivity (Wildman–Crippen MR) is 75.6 cm³/mol. The van der Waals surface area contributed by atoms with Gasteiger partial charge in [0.05, 0.1) is 5.69 Å². The molecular weight excluding hydrogens is 334 g/mol. The van der Waals surface area contributed by atoms with E-state index in [0.29, 0.717) is 21.8 Å². The van der Waals surface area contributed by atoms with Crippen molar-refractivity contribution in [3.8, 4) is 5.75 Å². The van der Waals surface area contributed by atoms with Crippen LogP contribution in [0.1, 0.15) is 0 Å². The number of para-hydroxylation sites is 2. The molecule has 2 N–H and O–H groups in total. The molecule has 0 unspecified atom stereocenters. The highest BCUT2D eigenvalue weighted by Gasteiger charge is 2.12. The predicted octanol–water partition coefficient (Wildman–Crippen LogP) is 3.63. The Balaban J connectivity index is 2.30. The van der Waals surface area contributed by atoms with Crippen molar-refractivity contribution in [2.75, 3.05) is 17.7 Å². The van der Waals surface area contributed by atoms with Gasteiger partial charge < -0.3 is 15.4 Å². The highest BCUT2D eigenvalue weighted by atomic mass is 79.9. The molecule has 106 valence electrons. The minimum atomic E-state index is -2.89. The quantitative estimate of drug-likeness (QED) is 0.867. The summed E-state index contributed by atoms with van der Waals surface area (Å²) in [5, 5.41) is 5.80. The standard InChI is InChI=1S/C12H11BrF2N4O/c1-16-10-9(13)11(18-6-17-10)19-7-4-2-3-5-8(7)20-12(14)15/h2-6,12H,1H3,(H2,16,17,18,19). The third-order valence-electron chi connectivity index (χ3n) is 2.38. The van der Waals surface area contributed by atoms with E-state index in [4.69, 9.17) is 0 Å². The zero-order valence-electron chi connectivity index (χ0n) is 10.4. The average Bonchev–Trinajstić information content (AvgIpc) is 2.42. The van der Waals surface area contributed by atoms with Crippen LogP contribution >= 0.6 is 15.9 Å². The zero-order valence-corrected chi connectivity index (χ0v) is 12.0. The van der Waals surface area contributed by atoms with Crippen molar-refractivity contribution in [3.05, 3.63) is 35.1 Å². The van der Waals surface area contributed by atoms with Gasteiger partial charge in [-0.25, -0.2) is 9.97 Å². The Labute approximate surface area is 122 Å². The van der Waals surface area contributed by atoms with E-state index in [1.165, 1.54) is 12.4 Å². The topological polar surface area (TPSA) is 59.1 Å². The largest absolute Gasteiger partial charge is 0.433 e. The van der Waals surface area contributed by atoms with Crippen LogP contribution in [0.5, 0.6) is 5.75 Å². The van der Waals surface area contributed by atoms with Crippen molar-refractivity contribution in [2.24, 2.45) is 0 Å². The first-order valence-corrected chi connectivity index (χ1v) is 6.40. The Kier molecular flexibility index (Phi) is 4.67. The maximum atomic E-state index is 12.3. The Morgan fingerprint density at radius 3 is 2.60 bits per heavy atom. The second-order valence-electron chi connectivity index (χ2n) is 3.63. The van der Waals surface area contributed by atoms with Crippen LogP contribution < -0.4 is 15.4 Å². The maximum Gasteiger partial charge on any atom is 0.387 e. The highest BCUT2D eigenvalue weighted by Crippen LogP contribution is 2.32. The number of nitrogens with one attached hydrogen (secondary N) is 2. The van der Waals surface area contributed by atoms with E-state index < -0.39 is 6.61 Å². The van der Waals surface area contributed by atoms with Gasteiger partial charge in [-0.3, -0.25) is 0 Å². The second kappa shape index (κ2) is 6.47. The van der Waals surface area contributed by atoms with Gasteiger partial charge in [-0.1, -0.05) is 12.1 Å². The van der Waals surface area contributed by atoms with E-state index in [9.17, 15) is 8.78 Å². The molecule has 2 aromatic rings. The highest BCUT2D eigenvalue weighted by molar-refractivity contribution is 9.10. The minimum absolute atomic E-state index is 0.0408. The molecule has 0 atom stereocenters. The number of hydrogen-bond donors (Lipinski definition) is 2. The number of halogens is 3. The first kappa shape index (κ1) is 14.4. The molecule has 0 fully saturated rings. The number of nitrogens with zero attached hydrogens (tertiary/aromatic N) is 2. The molecule has 20 heavy (non-hydrogen) atoms. The van der Waals surface area contributed by atoms with Crippen molar-refractivity contribution >= 4 is 33.3 Å². The number of benzene rings is 1. The summed E-state index contributed by atoms with van der Waals surface area (Å²) in [6.07, 6.45) is 1.36. The molecule has 0 saturated heterocycles. The molecule has 0 aliphatic carbocycles. The molecule has 8 heteroatoms. The molecule has 0 radical (unpaired) electrons. The van der Waals surface area contributed by atoms with Crippen molar-refractivity contribution < 1.29 is 13.5 Å². The molecule has 1 heterocycles. The molecule has 1 aromatic heterocycles. The number of aromatic nitrogens is 2. The monoisotopic (exact) mass is 344 g/mol. The van der Waals surface area contributed by atoms with Gasteiger partial charge in [0.1, 0.15) is 28.2 Å².